The topological polar surface area (TPSA) is 20.3 Å². The Bertz CT molecular complexity index is 289. The molecule has 0 aromatic heterocycles. The molecule has 0 aromatic rings. The van der Waals surface area contributed by atoms with Crippen LogP contribution in [-0.4, -0.2) is 36.0 Å². The highest BCUT2D eigenvalue weighted by molar-refractivity contribution is 5.82. The van der Waals surface area contributed by atoms with Gasteiger partial charge < -0.3 is 4.90 Å². The monoisotopic (exact) mass is 235 g/mol. The number of rotatable bonds is 0. The van der Waals surface area contributed by atoms with Crippen molar-refractivity contribution >= 4 is 5.78 Å². The predicted molar refractivity (Wildman–Crippen MR) is 53.0 cm³/mol. The summed E-state index contributed by atoms with van der Waals surface area (Å²) in [5, 5.41) is 0. The summed E-state index contributed by atoms with van der Waals surface area (Å²) in [6, 6.07) is -0.0459. The van der Waals surface area contributed by atoms with Crippen LogP contribution in [0.15, 0.2) is 0 Å². The molecule has 0 N–H and O–H groups in total. The Labute approximate surface area is 92.8 Å². The summed E-state index contributed by atoms with van der Waals surface area (Å²) in [5.41, 5.74) is 0. The first-order valence-electron chi connectivity index (χ1n) is 5.71. The van der Waals surface area contributed by atoms with Crippen LogP contribution in [0.25, 0.3) is 0 Å². The Balaban J connectivity index is 2.22. The van der Waals surface area contributed by atoms with E-state index in [1.54, 1.807) is 0 Å². The molecule has 0 spiro atoms. The van der Waals surface area contributed by atoms with Crippen LogP contribution in [0.5, 0.6) is 0 Å². The van der Waals surface area contributed by atoms with Gasteiger partial charge in [0.25, 0.3) is 0 Å². The fraction of sp³-hybridized carbons (Fsp3) is 0.909. The molecule has 3 atom stereocenters. The van der Waals surface area contributed by atoms with E-state index < -0.39 is 17.9 Å². The van der Waals surface area contributed by atoms with Crippen molar-refractivity contribution in [2.75, 3.05) is 7.05 Å². The molecule has 5 heteroatoms. The maximum atomic E-state index is 12.7. The van der Waals surface area contributed by atoms with Crippen LogP contribution < -0.4 is 0 Å². The highest BCUT2D eigenvalue weighted by Gasteiger charge is 2.49. The number of alkyl halides is 3. The van der Waals surface area contributed by atoms with Gasteiger partial charge in [0, 0.05) is 18.5 Å². The zero-order valence-electron chi connectivity index (χ0n) is 9.26. The average molecular weight is 235 g/mol. The smallest absolute Gasteiger partial charge is 0.300 e. The highest BCUT2D eigenvalue weighted by atomic mass is 19.4. The Kier molecular flexibility index (Phi) is 2.99. The van der Waals surface area contributed by atoms with Gasteiger partial charge in [0.05, 0.1) is 0 Å². The van der Waals surface area contributed by atoms with Gasteiger partial charge in [-0.05, 0) is 26.3 Å². The minimum absolute atomic E-state index is 0.0265. The molecule has 2 heterocycles. The summed E-state index contributed by atoms with van der Waals surface area (Å²) in [5.74, 6) is -2.35. The van der Waals surface area contributed by atoms with E-state index in [-0.39, 0.29) is 24.9 Å². The van der Waals surface area contributed by atoms with Crippen molar-refractivity contribution < 1.29 is 18.0 Å². The molecule has 2 nitrogen and oxygen atoms in total. The summed E-state index contributed by atoms with van der Waals surface area (Å²) in [6.45, 7) is 0. The molecule has 2 aliphatic rings. The van der Waals surface area contributed by atoms with E-state index in [9.17, 15) is 18.0 Å². The summed E-state index contributed by atoms with van der Waals surface area (Å²) < 4.78 is 38.2. The van der Waals surface area contributed by atoms with Gasteiger partial charge in [-0.1, -0.05) is 6.42 Å². The van der Waals surface area contributed by atoms with Crippen LogP contribution in [0, 0.1) is 5.92 Å². The van der Waals surface area contributed by atoms with E-state index in [1.165, 1.54) is 0 Å². The molecule has 2 fully saturated rings. The van der Waals surface area contributed by atoms with Crippen molar-refractivity contribution in [1.82, 2.24) is 4.90 Å². The fourth-order valence-corrected chi connectivity index (χ4v) is 2.92. The van der Waals surface area contributed by atoms with E-state index in [1.807, 2.05) is 11.9 Å². The Hall–Kier alpha value is -0.580. The van der Waals surface area contributed by atoms with E-state index in [0.29, 0.717) is 0 Å². The SMILES string of the molecule is CN1C2CCCC1CC(C(F)(F)F)C(=O)C2. The molecule has 0 aromatic carbocycles. The first kappa shape index (κ1) is 11.9. The van der Waals surface area contributed by atoms with Crippen LogP contribution in [0.3, 0.4) is 0 Å². The lowest BCUT2D eigenvalue weighted by molar-refractivity contribution is -0.183. The van der Waals surface area contributed by atoms with E-state index in [2.05, 4.69) is 0 Å². The molecule has 0 saturated carbocycles. The largest absolute Gasteiger partial charge is 0.398 e. The van der Waals surface area contributed by atoms with Crippen LogP contribution in [0.2, 0.25) is 0 Å². The van der Waals surface area contributed by atoms with Crippen LogP contribution in [0.4, 0.5) is 13.2 Å². The van der Waals surface area contributed by atoms with Gasteiger partial charge in [-0.15, -0.1) is 0 Å². The zero-order chi connectivity index (χ0) is 11.9. The van der Waals surface area contributed by atoms with E-state index in [0.717, 1.165) is 19.3 Å². The second kappa shape index (κ2) is 4.02. The number of nitrogens with zero attached hydrogens (tertiary/aromatic N) is 1. The average Bonchev–Trinajstić information content (AvgIpc) is 2.25. The van der Waals surface area contributed by atoms with Gasteiger partial charge in [0.15, 0.2) is 0 Å². The molecular formula is C11H16F3NO. The molecule has 2 rings (SSSR count). The first-order chi connectivity index (χ1) is 7.39. The Morgan fingerprint density at radius 2 is 1.88 bits per heavy atom. The Morgan fingerprint density at radius 1 is 1.25 bits per heavy atom. The number of fused-ring (bicyclic) bond motifs is 2. The Morgan fingerprint density at radius 3 is 2.50 bits per heavy atom. The number of piperidine rings is 1. The number of carbonyl (C=O) groups is 1. The number of hydrogen-bond acceptors (Lipinski definition) is 2. The minimum Gasteiger partial charge on any atom is -0.300 e. The van der Waals surface area contributed by atoms with E-state index in [4.69, 9.17) is 0 Å². The normalized spacial score (nSPS) is 37.2. The number of ketones is 1. The van der Waals surface area contributed by atoms with Crippen molar-refractivity contribution in [3.05, 3.63) is 0 Å². The van der Waals surface area contributed by atoms with Crippen LogP contribution in [0.1, 0.15) is 32.1 Å². The van der Waals surface area contributed by atoms with Crippen molar-refractivity contribution in [2.24, 2.45) is 5.92 Å². The van der Waals surface area contributed by atoms with Gasteiger partial charge in [-0.2, -0.15) is 13.2 Å². The third-order valence-electron chi connectivity index (χ3n) is 3.95. The second-order valence-electron chi connectivity index (χ2n) is 4.90. The number of Topliss-reactive ketones (excluding diaryl/α,β-unsaturated/α-hetero) is 1. The third-order valence-corrected chi connectivity index (χ3v) is 3.95. The van der Waals surface area contributed by atoms with Gasteiger partial charge >= 0.3 is 6.18 Å². The predicted octanol–water partition coefficient (Wildman–Crippen LogP) is 2.38. The first-order valence-corrected chi connectivity index (χ1v) is 5.71. The molecule has 2 bridgehead atoms. The minimum atomic E-state index is -4.37. The van der Waals surface area contributed by atoms with Crippen molar-refractivity contribution in [1.29, 1.82) is 0 Å². The second-order valence-corrected chi connectivity index (χ2v) is 4.90. The number of halogens is 3. The van der Waals surface area contributed by atoms with Crippen molar-refractivity contribution in [3.8, 4) is 0 Å². The molecular weight excluding hydrogens is 219 g/mol. The quantitative estimate of drug-likeness (QED) is 0.642. The summed E-state index contributed by atoms with van der Waals surface area (Å²) in [6.07, 6.45) is -1.77. The highest BCUT2D eigenvalue weighted by Crippen LogP contribution is 2.39. The van der Waals surface area contributed by atoms with E-state index >= 15 is 0 Å². The molecule has 2 aliphatic heterocycles. The summed E-state index contributed by atoms with van der Waals surface area (Å²) >= 11 is 0. The molecule has 0 amide bonds. The fourth-order valence-electron chi connectivity index (χ4n) is 2.92. The molecule has 3 unspecified atom stereocenters. The van der Waals surface area contributed by atoms with Crippen molar-refractivity contribution in [2.45, 2.75) is 50.4 Å². The third kappa shape index (κ3) is 2.10. The molecule has 16 heavy (non-hydrogen) atoms. The van der Waals surface area contributed by atoms with Gasteiger partial charge in [-0.25, -0.2) is 0 Å². The summed E-state index contributed by atoms with van der Waals surface area (Å²) in [4.78, 5) is 13.6. The lowest BCUT2D eigenvalue weighted by atomic mass is 9.93. The maximum absolute atomic E-state index is 12.7. The lowest BCUT2D eigenvalue weighted by Gasteiger charge is -2.37. The molecule has 0 aliphatic carbocycles. The number of carbonyl (C=O) groups excluding carboxylic acids is 1. The molecule has 92 valence electrons. The van der Waals surface area contributed by atoms with Crippen LogP contribution >= 0.6 is 0 Å². The van der Waals surface area contributed by atoms with Gasteiger partial charge in [0.2, 0.25) is 0 Å². The van der Waals surface area contributed by atoms with Gasteiger partial charge in [-0.3, -0.25) is 4.79 Å². The molecule has 0 radical (unpaired) electrons. The zero-order valence-corrected chi connectivity index (χ0v) is 9.26. The number of hydrogen-bond donors (Lipinski definition) is 0. The lowest BCUT2D eigenvalue weighted by Crippen LogP contribution is -2.43. The standard InChI is InChI=1S/C11H16F3NO/c1-15-7-3-2-4-8(15)6-10(16)9(5-7)11(12,13)14/h7-9H,2-6H2,1H3. The summed E-state index contributed by atoms with van der Waals surface area (Å²) in [7, 11) is 1.85. The maximum Gasteiger partial charge on any atom is 0.398 e. The van der Waals surface area contributed by atoms with Gasteiger partial charge in [0.1, 0.15) is 11.7 Å². The van der Waals surface area contributed by atoms with Crippen LogP contribution in [-0.2, 0) is 4.79 Å². The van der Waals surface area contributed by atoms with Crippen molar-refractivity contribution in [3.63, 3.8) is 0 Å². The molecule has 2 saturated heterocycles.